The van der Waals surface area contributed by atoms with Crippen molar-refractivity contribution in [3.63, 3.8) is 0 Å². The number of methoxy groups -OCH3 is 2. The van der Waals surface area contributed by atoms with E-state index in [9.17, 15) is 4.79 Å². The number of ether oxygens (including phenoxy) is 2. The second kappa shape index (κ2) is 5.96. The van der Waals surface area contributed by atoms with E-state index in [-0.39, 0.29) is 5.78 Å². The molecule has 0 aliphatic carbocycles. The average Bonchev–Trinajstić information content (AvgIpc) is 2.86. The first-order valence-electron chi connectivity index (χ1n) is 6.10. The van der Waals surface area contributed by atoms with Gasteiger partial charge in [0.05, 0.1) is 31.0 Å². The highest BCUT2D eigenvalue weighted by molar-refractivity contribution is 6.34. The van der Waals surface area contributed by atoms with Gasteiger partial charge in [-0.3, -0.25) is 9.48 Å². The summed E-state index contributed by atoms with van der Waals surface area (Å²) >= 11 is 6.06. The number of carbonyl (C=O) groups excluding carboxylic acids is 1. The molecular weight excluding hydrogens is 280 g/mol. The van der Waals surface area contributed by atoms with Gasteiger partial charge in [0.25, 0.3) is 0 Å². The summed E-state index contributed by atoms with van der Waals surface area (Å²) in [6.07, 6.45) is 1.46. The third-order valence-corrected chi connectivity index (χ3v) is 3.24. The quantitative estimate of drug-likeness (QED) is 0.796. The van der Waals surface area contributed by atoms with Gasteiger partial charge >= 0.3 is 0 Å². The molecule has 1 aromatic heterocycles. The van der Waals surface area contributed by atoms with Crippen LogP contribution in [0.4, 0.5) is 0 Å². The maximum atomic E-state index is 12.7. The van der Waals surface area contributed by atoms with E-state index < -0.39 is 0 Å². The molecule has 5 nitrogen and oxygen atoms in total. The summed E-state index contributed by atoms with van der Waals surface area (Å²) in [5.41, 5.74) is 0.740. The zero-order valence-electron chi connectivity index (χ0n) is 11.5. The van der Waals surface area contributed by atoms with Gasteiger partial charge in [0.2, 0.25) is 5.78 Å². The molecule has 20 heavy (non-hydrogen) atoms. The lowest BCUT2D eigenvalue weighted by Crippen LogP contribution is -2.12. The SMILES string of the molecule is CCn1ncc(Cl)c1C(=O)c1cc(OC)ccc1OC. The lowest BCUT2D eigenvalue weighted by molar-refractivity contribution is 0.102. The molecule has 0 spiro atoms. The smallest absolute Gasteiger partial charge is 0.216 e. The summed E-state index contributed by atoms with van der Waals surface area (Å²) in [5.74, 6) is 0.800. The van der Waals surface area contributed by atoms with Crippen molar-refractivity contribution in [1.29, 1.82) is 0 Å². The van der Waals surface area contributed by atoms with Gasteiger partial charge in [0.15, 0.2) is 0 Å². The zero-order chi connectivity index (χ0) is 14.7. The van der Waals surface area contributed by atoms with Crippen LogP contribution in [0.2, 0.25) is 5.02 Å². The van der Waals surface area contributed by atoms with Gasteiger partial charge < -0.3 is 9.47 Å². The molecule has 0 saturated carbocycles. The van der Waals surface area contributed by atoms with Crippen molar-refractivity contribution in [3.05, 3.63) is 40.7 Å². The van der Waals surface area contributed by atoms with E-state index in [1.807, 2.05) is 6.92 Å². The monoisotopic (exact) mass is 294 g/mol. The summed E-state index contributed by atoms with van der Waals surface area (Å²) in [4.78, 5) is 12.7. The molecule has 0 atom stereocenters. The molecule has 0 N–H and O–H groups in total. The molecule has 0 unspecified atom stereocenters. The summed E-state index contributed by atoms with van der Waals surface area (Å²) in [6, 6.07) is 5.05. The van der Waals surface area contributed by atoms with Crippen molar-refractivity contribution >= 4 is 17.4 Å². The van der Waals surface area contributed by atoms with Gasteiger partial charge in [-0.25, -0.2) is 0 Å². The fraction of sp³-hybridized carbons (Fsp3) is 0.286. The van der Waals surface area contributed by atoms with Gasteiger partial charge in [-0.1, -0.05) is 11.6 Å². The fourth-order valence-electron chi connectivity index (χ4n) is 1.95. The molecule has 0 aliphatic rings. The highest BCUT2D eigenvalue weighted by Crippen LogP contribution is 2.28. The van der Waals surface area contributed by atoms with Gasteiger partial charge in [-0.15, -0.1) is 0 Å². The highest BCUT2D eigenvalue weighted by Gasteiger charge is 2.22. The van der Waals surface area contributed by atoms with Crippen LogP contribution in [0.15, 0.2) is 24.4 Å². The lowest BCUT2D eigenvalue weighted by atomic mass is 10.1. The van der Waals surface area contributed by atoms with Crippen LogP contribution in [0.1, 0.15) is 23.0 Å². The summed E-state index contributed by atoms with van der Waals surface area (Å²) in [6.45, 7) is 2.45. The van der Waals surface area contributed by atoms with Gasteiger partial charge in [0.1, 0.15) is 17.2 Å². The van der Waals surface area contributed by atoms with Crippen LogP contribution in [0.5, 0.6) is 11.5 Å². The Hall–Kier alpha value is -2.01. The molecule has 2 aromatic rings. The van der Waals surface area contributed by atoms with E-state index in [0.717, 1.165) is 0 Å². The minimum atomic E-state index is -0.245. The number of hydrogen-bond donors (Lipinski definition) is 0. The molecule has 106 valence electrons. The molecule has 1 heterocycles. The molecular formula is C14H15ClN2O3. The zero-order valence-corrected chi connectivity index (χ0v) is 12.3. The molecule has 0 aliphatic heterocycles. The van der Waals surface area contributed by atoms with E-state index in [1.54, 1.807) is 30.0 Å². The second-order valence-electron chi connectivity index (χ2n) is 4.05. The minimum absolute atomic E-state index is 0.245. The van der Waals surface area contributed by atoms with Crippen molar-refractivity contribution in [3.8, 4) is 11.5 Å². The van der Waals surface area contributed by atoms with Crippen molar-refractivity contribution < 1.29 is 14.3 Å². The maximum Gasteiger partial charge on any atom is 0.216 e. The molecule has 0 amide bonds. The Morgan fingerprint density at radius 3 is 2.70 bits per heavy atom. The van der Waals surface area contributed by atoms with Crippen LogP contribution < -0.4 is 9.47 Å². The van der Waals surface area contributed by atoms with Crippen LogP contribution in [0.3, 0.4) is 0 Å². The van der Waals surface area contributed by atoms with E-state index in [0.29, 0.717) is 34.3 Å². The molecule has 0 radical (unpaired) electrons. The standard InChI is InChI=1S/C14H15ClN2O3/c1-4-17-13(11(15)8-16-17)14(18)10-7-9(19-2)5-6-12(10)20-3/h5-8H,4H2,1-3H3. The third-order valence-electron chi connectivity index (χ3n) is 2.96. The number of aromatic nitrogens is 2. The minimum Gasteiger partial charge on any atom is -0.497 e. The Labute approximate surface area is 122 Å². The third kappa shape index (κ3) is 2.49. The van der Waals surface area contributed by atoms with Gasteiger partial charge in [-0.2, -0.15) is 5.10 Å². The Kier molecular flexibility index (Phi) is 4.29. The Morgan fingerprint density at radius 1 is 1.35 bits per heavy atom. The summed E-state index contributed by atoms with van der Waals surface area (Å²) in [5, 5.41) is 4.39. The first-order valence-corrected chi connectivity index (χ1v) is 6.48. The second-order valence-corrected chi connectivity index (χ2v) is 4.46. The largest absolute Gasteiger partial charge is 0.497 e. The number of carbonyl (C=O) groups is 1. The van der Waals surface area contributed by atoms with Crippen molar-refractivity contribution in [2.45, 2.75) is 13.5 Å². The Bertz CT molecular complexity index is 637. The highest BCUT2D eigenvalue weighted by atomic mass is 35.5. The number of benzene rings is 1. The molecule has 1 aromatic carbocycles. The van der Waals surface area contributed by atoms with Crippen molar-refractivity contribution in [2.75, 3.05) is 14.2 Å². The van der Waals surface area contributed by atoms with E-state index in [4.69, 9.17) is 21.1 Å². The van der Waals surface area contributed by atoms with Crippen LogP contribution in [0, 0.1) is 0 Å². The lowest BCUT2D eigenvalue weighted by Gasteiger charge is -2.10. The number of halogens is 1. The first kappa shape index (κ1) is 14.4. The molecule has 0 fully saturated rings. The molecule has 6 heteroatoms. The van der Waals surface area contributed by atoms with Crippen molar-refractivity contribution in [1.82, 2.24) is 9.78 Å². The number of ketones is 1. The number of nitrogens with zero attached hydrogens (tertiary/aromatic N) is 2. The average molecular weight is 295 g/mol. The predicted molar refractivity (Wildman–Crippen MR) is 75.9 cm³/mol. The molecule has 0 bridgehead atoms. The van der Waals surface area contributed by atoms with Crippen LogP contribution >= 0.6 is 11.6 Å². The van der Waals surface area contributed by atoms with Gasteiger partial charge in [-0.05, 0) is 25.1 Å². The maximum absolute atomic E-state index is 12.7. The van der Waals surface area contributed by atoms with Crippen LogP contribution in [-0.2, 0) is 6.54 Å². The van der Waals surface area contributed by atoms with Crippen molar-refractivity contribution in [2.24, 2.45) is 0 Å². The van der Waals surface area contributed by atoms with Gasteiger partial charge in [0, 0.05) is 6.54 Å². The van der Waals surface area contributed by atoms with E-state index in [1.165, 1.54) is 13.3 Å². The summed E-state index contributed by atoms with van der Waals surface area (Å²) < 4.78 is 11.9. The Morgan fingerprint density at radius 2 is 2.10 bits per heavy atom. The van der Waals surface area contributed by atoms with E-state index in [2.05, 4.69) is 5.10 Å². The normalized spacial score (nSPS) is 10.4. The molecule has 2 rings (SSSR count). The number of aryl methyl sites for hydroxylation is 1. The topological polar surface area (TPSA) is 53.4 Å². The predicted octanol–water partition coefficient (Wildman–Crippen LogP) is 2.80. The summed E-state index contributed by atoms with van der Waals surface area (Å²) in [7, 11) is 3.05. The first-order chi connectivity index (χ1) is 9.62. The Balaban J connectivity index is 2.54. The van der Waals surface area contributed by atoms with Crippen LogP contribution in [-0.4, -0.2) is 29.8 Å². The number of rotatable bonds is 5. The molecule has 0 saturated heterocycles. The van der Waals surface area contributed by atoms with E-state index >= 15 is 0 Å². The van der Waals surface area contributed by atoms with Crippen LogP contribution in [0.25, 0.3) is 0 Å². The number of hydrogen-bond acceptors (Lipinski definition) is 4. The fourth-order valence-corrected chi connectivity index (χ4v) is 2.17.